The maximum Gasteiger partial charge on any atom is 0.416 e. The Balaban J connectivity index is 1.85. The average molecular weight is 358 g/mol. The summed E-state index contributed by atoms with van der Waals surface area (Å²) in [7, 11) is 0. The van der Waals surface area contributed by atoms with E-state index in [-0.39, 0.29) is 24.3 Å². The standard InChI is InChI=1S/C17H15ClF3NO2/c1-11(12-2-6-14(18)7-3-12)22-16(23)10-24-15-8-4-13(5-9-15)17(19,20)21/h2-9,11H,10H2,1H3,(H,22,23). The molecule has 128 valence electrons. The lowest BCUT2D eigenvalue weighted by Crippen LogP contribution is -2.31. The van der Waals surface area contributed by atoms with Gasteiger partial charge in [0.05, 0.1) is 11.6 Å². The Morgan fingerprint density at radius 2 is 1.71 bits per heavy atom. The molecule has 2 rings (SSSR count). The molecule has 0 heterocycles. The van der Waals surface area contributed by atoms with Gasteiger partial charge in [-0.15, -0.1) is 0 Å². The van der Waals surface area contributed by atoms with E-state index in [1.54, 1.807) is 31.2 Å². The smallest absolute Gasteiger partial charge is 0.416 e. The highest BCUT2D eigenvalue weighted by atomic mass is 35.5. The van der Waals surface area contributed by atoms with Gasteiger partial charge in [0, 0.05) is 5.02 Å². The molecule has 1 unspecified atom stereocenters. The van der Waals surface area contributed by atoms with E-state index in [9.17, 15) is 18.0 Å². The first-order valence-electron chi connectivity index (χ1n) is 7.10. The second-order valence-corrected chi connectivity index (χ2v) is 5.59. The fourth-order valence-corrected chi connectivity index (χ4v) is 2.13. The molecule has 0 radical (unpaired) electrons. The second-order valence-electron chi connectivity index (χ2n) is 5.15. The van der Waals surface area contributed by atoms with Gasteiger partial charge in [0.25, 0.3) is 5.91 Å². The Labute approximate surface area is 142 Å². The highest BCUT2D eigenvalue weighted by molar-refractivity contribution is 6.30. The number of halogens is 4. The van der Waals surface area contributed by atoms with Crippen LogP contribution in [0.5, 0.6) is 5.75 Å². The van der Waals surface area contributed by atoms with E-state index < -0.39 is 11.7 Å². The summed E-state index contributed by atoms with van der Waals surface area (Å²) in [5.74, 6) is -0.186. The van der Waals surface area contributed by atoms with Gasteiger partial charge in [-0.2, -0.15) is 13.2 Å². The largest absolute Gasteiger partial charge is 0.484 e. The van der Waals surface area contributed by atoms with Crippen molar-refractivity contribution in [3.8, 4) is 5.75 Å². The van der Waals surface area contributed by atoms with E-state index >= 15 is 0 Å². The van der Waals surface area contributed by atoms with Gasteiger partial charge in [-0.25, -0.2) is 0 Å². The Bertz CT molecular complexity index is 684. The van der Waals surface area contributed by atoms with Gasteiger partial charge in [0.1, 0.15) is 5.75 Å². The summed E-state index contributed by atoms with van der Waals surface area (Å²) < 4.78 is 42.5. The Morgan fingerprint density at radius 3 is 2.25 bits per heavy atom. The zero-order valence-electron chi connectivity index (χ0n) is 12.7. The van der Waals surface area contributed by atoms with Crippen molar-refractivity contribution >= 4 is 17.5 Å². The van der Waals surface area contributed by atoms with Crippen molar-refractivity contribution in [1.82, 2.24) is 5.32 Å². The molecule has 0 saturated carbocycles. The Hall–Kier alpha value is -2.21. The van der Waals surface area contributed by atoms with Crippen LogP contribution in [0.2, 0.25) is 5.02 Å². The number of carbonyl (C=O) groups is 1. The van der Waals surface area contributed by atoms with Crippen molar-refractivity contribution in [2.45, 2.75) is 19.1 Å². The van der Waals surface area contributed by atoms with E-state index in [1.807, 2.05) is 0 Å². The molecule has 0 spiro atoms. The first kappa shape index (κ1) is 18.1. The first-order valence-corrected chi connectivity index (χ1v) is 7.48. The third kappa shape index (κ3) is 5.16. The molecule has 0 aromatic heterocycles. The third-order valence-electron chi connectivity index (χ3n) is 3.30. The SMILES string of the molecule is CC(NC(=O)COc1ccc(C(F)(F)F)cc1)c1ccc(Cl)cc1. The summed E-state index contributed by atoms with van der Waals surface area (Å²) in [4.78, 5) is 11.9. The first-order chi connectivity index (χ1) is 11.3. The van der Waals surface area contributed by atoms with Crippen molar-refractivity contribution < 1.29 is 22.7 Å². The summed E-state index contributed by atoms with van der Waals surface area (Å²) in [5, 5.41) is 3.33. The van der Waals surface area contributed by atoms with Crippen LogP contribution in [0.1, 0.15) is 24.1 Å². The number of carbonyl (C=O) groups excluding carboxylic acids is 1. The van der Waals surface area contributed by atoms with E-state index in [0.717, 1.165) is 17.7 Å². The minimum Gasteiger partial charge on any atom is -0.484 e. The van der Waals surface area contributed by atoms with Gasteiger partial charge in [0.15, 0.2) is 6.61 Å². The van der Waals surface area contributed by atoms with Crippen LogP contribution in [-0.2, 0) is 11.0 Å². The van der Waals surface area contributed by atoms with Crippen LogP contribution in [0.25, 0.3) is 0 Å². The minimum absolute atomic E-state index is 0.192. The summed E-state index contributed by atoms with van der Waals surface area (Å²) >= 11 is 5.80. The fraction of sp³-hybridized carbons (Fsp3) is 0.235. The fourth-order valence-electron chi connectivity index (χ4n) is 2.01. The zero-order chi connectivity index (χ0) is 17.7. The lowest BCUT2D eigenvalue weighted by molar-refractivity contribution is -0.137. The summed E-state index contributed by atoms with van der Waals surface area (Å²) in [5.41, 5.74) is 0.109. The molecule has 0 fully saturated rings. The predicted molar refractivity (Wildman–Crippen MR) is 84.9 cm³/mol. The topological polar surface area (TPSA) is 38.3 Å². The quantitative estimate of drug-likeness (QED) is 0.848. The molecule has 0 bridgehead atoms. The van der Waals surface area contributed by atoms with E-state index in [4.69, 9.17) is 16.3 Å². The molecular formula is C17H15ClF3NO2. The van der Waals surface area contributed by atoms with Crippen LogP contribution in [0, 0.1) is 0 Å². The molecular weight excluding hydrogens is 343 g/mol. The van der Waals surface area contributed by atoms with Crippen LogP contribution >= 0.6 is 11.6 Å². The molecule has 1 amide bonds. The van der Waals surface area contributed by atoms with Crippen molar-refractivity contribution in [2.24, 2.45) is 0 Å². The number of hydrogen-bond acceptors (Lipinski definition) is 2. The minimum atomic E-state index is -4.40. The molecule has 7 heteroatoms. The van der Waals surface area contributed by atoms with Crippen LogP contribution in [-0.4, -0.2) is 12.5 Å². The van der Waals surface area contributed by atoms with Gasteiger partial charge < -0.3 is 10.1 Å². The lowest BCUT2D eigenvalue weighted by atomic mass is 10.1. The molecule has 0 aliphatic heterocycles. The molecule has 0 saturated heterocycles. The van der Waals surface area contributed by atoms with Crippen molar-refractivity contribution in [3.63, 3.8) is 0 Å². The highest BCUT2D eigenvalue weighted by Gasteiger charge is 2.30. The Kier molecular flexibility index (Phi) is 5.72. The molecule has 3 nitrogen and oxygen atoms in total. The monoisotopic (exact) mass is 357 g/mol. The summed E-state index contributed by atoms with van der Waals surface area (Å²) in [6.07, 6.45) is -4.40. The average Bonchev–Trinajstić information content (AvgIpc) is 2.53. The van der Waals surface area contributed by atoms with Gasteiger partial charge in [-0.05, 0) is 48.9 Å². The predicted octanol–water partition coefficient (Wildman–Crippen LogP) is 4.62. The highest BCUT2D eigenvalue weighted by Crippen LogP contribution is 2.30. The number of alkyl halides is 3. The number of benzene rings is 2. The molecule has 2 aromatic carbocycles. The van der Waals surface area contributed by atoms with E-state index in [1.165, 1.54) is 12.1 Å². The number of amides is 1. The normalized spacial score (nSPS) is 12.5. The van der Waals surface area contributed by atoms with Crippen molar-refractivity contribution in [3.05, 3.63) is 64.7 Å². The maximum atomic E-state index is 12.5. The molecule has 1 N–H and O–H groups in total. The third-order valence-corrected chi connectivity index (χ3v) is 3.55. The molecule has 1 atom stereocenters. The molecule has 2 aromatic rings. The van der Waals surface area contributed by atoms with Crippen LogP contribution in [0.4, 0.5) is 13.2 Å². The Morgan fingerprint density at radius 1 is 1.12 bits per heavy atom. The van der Waals surface area contributed by atoms with Crippen LogP contribution in [0.3, 0.4) is 0 Å². The molecule has 0 aliphatic rings. The van der Waals surface area contributed by atoms with Crippen LogP contribution in [0.15, 0.2) is 48.5 Å². The van der Waals surface area contributed by atoms with Crippen LogP contribution < -0.4 is 10.1 Å². The van der Waals surface area contributed by atoms with Gasteiger partial charge in [0.2, 0.25) is 0 Å². The van der Waals surface area contributed by atoms with E-state index in [0.29, 0.717) is 5.02 Å². The van der Waals surface area contributed by atoms with Crippen molar-refractivity contribution in [1.29, 1.82) is 0 Å². The molecule has 24 heavy (non-hydrogen) atoms. The molecule has 0 aliphatic carbocycles. The summed E-state index contributed by atoms with van der Waals surface area (Å²) in [6, 6.07) is 11.0. The zero-order valence-corrected chi connectivity index (χ0v) is 13.5. The number of hydrogen-bond donors (Lipinski definition) is 1. The number of rotatable bonds is 5. The van der Waals surface area contributed by atoms with Crippen molar-refractivity contribution in [2.75, 3.05) is 6.61 Å². The maximum absolute atomic E-state index is 12.5. The lowest BCUT2D eigenvalue weighted by Gasteiger charge is -2.15. The van der Waals surface area contributed by atoms with Gasteiger partial charge >= 0.3 is 6.18 Å². The second kappa shape index (κ2) is 7.57. The van der Waals surface area contributed by atoms with Gasteiger partial charge in [-0.3, -0.25) is 4.79 Å². The van der Waals surface area contributed by atoms with Gasteiger partial charge in [-0.1, -0.05) is 23.7 Å². The number of nitrogens with one attached hydrogen (secondary N) is 1. The van der Waals surface area contributed by atoms with E-state index in [2.05, 4.69) is 5.32 Å². The number of ether oxygens (including phenoxy) is 1. The summed E-state index contributed by atoms with van der Waals surface area (Å²) in [6.45, 7) is 1.52.